The minimum atomic E-state index is -2.90. The van der Waals surface area contributed by atoms with Crippen molar-refractivity contribution >= 4 is 9.84 Å². The standard InChI is InChI=1S/C10H20N2O2S/c11-12-10(8-4-3-5-8)9-6-1-2-7-15(9,13)14/h8-10,12H,1-7,11H2. The van der Waals surface area contributed by atoms with Crippen LogP contribution >= 0.6 is 0 Å². The van der Waals surface area contributed by atoms with Gasteiger partial charge in [-0.2, -0.15) is 0 Å². The monoisotopic (exact) mass is 232 g/mol. The molecule has 2 rings (SSSR count). The van der Waals surface area contributed by atoms with Gasteiger partial charge in [0, 0.05) is 6.04 Å². The summed E-state index contributed by atoms with van der Waals surface area (Å²) in [7, 11) is -2.90. The minimum Gasteiger partial charge on any atom is -0.271 e. The topological polar surface area (TPSA) is 72.2 Å². The second-order valence-electron chi connectivity index (χ2n) is 4.78. The summed E-state index contributed by atoms with van der Waals surface area (Å²) in [5.74, 6) is 6.35. The van der Waals surface area contributed by atoms with Crippen LogP contribution in [0.3, 0.4) is 0 Å². The average molecular weight is 232 g/mol. The molecule has 0 amide bonds. The normalized spacial score (nSPS) is 33.3. The molecule has 88 valence electrons. The number of nitrogens with two attached hydrogens (primary N) is 1. The van der Waals surface area contributed by atoms with Gasteiger partial charge >= 0.3 is 0 Å². The molecule has 0 bridgehead atoms. The Labute approximate surface area is 91.5 Å². The maximum Gasteiger partial charge on any atom is 0.154 e. The van der Waals surface area contributed by atoms with Crippen LogP contribution in [0.5, 0.6) is 0 Å². The third-order valence-corrected chi connectivity index (χ3v) is 6.19. The highest BCUT2D eigenvalue weighted by Gasteiger charge is 2.40. The molecular weight excluding hydrogens is 212 g/mol. The number of sulfone groups is 1. The van der Waals surface area contributed by atoms with Crippen molar-refractivity contribution in [3.63, 3.8) is 0 Å². The SMILES string of the molecule is NNC(C1CCC1)C1CCCCS1(=O)=O. The van der Waals surface area contributed by atoms with E-state index in [-0.39, 0.29) is 11.3 Å². The first-order valence-corrected chi connectivity index (χ1v) is 7.54. The van der Waals surface area contributed by atoms with Crippen LogP contribution in [0, 0.1) is 5.92 Å². The van der Waals surface area contributed by atoms with Crippen LogP contribution in [0.1, 0.15) is 38.5 Å². The van der Waals surface area contributed by atoms with E-state index in [9.17, 15) is 8.42 Å². The Morgan fingerprint density at radius 3 is 2.33 bits per heavy atom. The highest BCUT2D eigenvalue weighted by atomic mass is 32.2. The molecule has 1 heterocycles. The van der Waals surface area contributed by atoms with Gasteiger partial charge in [0.25, 0.3) is 0 Å². The summed E-state index contributed by atoms with van der Waals surface area (Å²) in [5, 5.41) is -0.235. The van der Waals surface area contributed by atoms with Crippen LogP contribution in [0.25, 0.3) is 0 Å². The predicted molar refractivity (Wildman–Crippen MR) is 59.9 cm³/mol. The molecule has 0 aromatic carbocycles. The maximum absolute atomic E-state index is 11.9. The fourth-order valence-electron chi connectivity index (χ4n) is 2.73. The summed E-state index contributed by atoms with van der Waals surface area (Å²) >= 11 is 0. The molecule has 2 fully saturated rings. The lowest BCUT2D eigenvalue weighted by Gasteiger charge is -2.39. The van der Waals surface area contributed by atoms with E-state index >= 15 is 0 Å². The second-order valence-corrected chi connectivity index (χ2v) is 7.12. The zero-order valence-electron chi connectivity index (χ0n) is 8.98. The Hall–Kier alpha value is -0.130. The molecule has 3 N–H and O–H groups in total. The number of rotatable bonds is 3. The summed E-state index contributed by atoms with van der Waals surface area (Å²) in [6.45, 7) is 0. The fourth-order valence-corrected chi connectivity index (χ4v) is 4.91. The van der Waals surface area contributed by atoms with E-state index in [1.807, 2.05) is 0 Å². The first-order valence-electron chi connectivity index (χ1n) is 5.83. The first kappa shape index (κ1) is 11.4. The van der Waals surface area contributed by atoms with Gasteiger partial charge < -0.3 is 0 Å². The quantitative estimate of drug-likeness (QED) is 0.551. The van der Waals surface area contributed by atoms with Crippen molar-refractivity contribution in [2.24, 2.45) is 11.8 Å². The summed E-state index contributed by atoms with van der Waals surface area (Å²) in [4.78, 5) is 0. The summed E-state index contributed by atoms with van der Waals surface area (Å²) < 4.78 is 23.9. The van der Waals surface area contributed by atoms with Crippen molar-refractivity contribution in [2.75, 3.05) is 5.75 Å². The van der Waals surface area contributed by atoms with Crippen LogP contribution in [0.2, 0.25) is 0 Å². The number of hydrogen-bond donors (Lipinski definition) is 2. The Morgan fingerprint density at radius 1 is 1.13 bits per heavy atom. The van der Waals surface area contributed by atoms with Gasteiger partial charge in [-0.25, -0.2) is 8.42 Å². The summed E-state index contributed by atoms with van der Waals surface area (Å²) in [6.07, 6.45) is 6.10. The summed E-state index contributed by atoms with van der Waals surface area (Å²) in [5.41, 5.74) is 2.75. The Balaban J connectivity index is 2.11. The molecule has 1 saturated heterocycles. The molecule has 15 heavy (non-hydrogen) atoms. The zero-order valence-corrected chi connectivity index (χ0v) is 9.80. The van der Waals surface area contributed by atoms with Gasteiger partial charge in [-0.15, -0.1) is 0 Å². The van der Waals surface area contributed by atoms with E-state index in [1.165, 1.54) is 6.42 Å². The van der Waals surface area contributed by atoms with Gasteiger partial charge in [0.2, 0.25) is 0 Å². The van der Waals surface area contributed by atoms with Gasteiger partial charge in [-0.05, 0) is 31.6 Å². The Kier molecular flexibility index (Phi) is 3.33. The fraction of sp³-hybridized carbons (Fsp3) is 1.00. The molecule has 2 aliphatic rings. The Morgan fingerprint density at radius 2 is 1.87 bits per heavy atom. The zero-order chi connectivity index (χ0) is 10.9. The average Bonchev–Trinajstić information content (AvgIpc) is 2.11. The molecule has 0 aromatic rings. The number of nitrogens with one attached hydrogen (secondary N) is 1. The largest absolute Gasteiger partial charge is 0.271 e. The lowest BCUT2D eigenvalue weighted by Crippen LogP contribution is -2.54. The molecule has 2 atom stereocenters. The third kappa shape index (κ3) is 2.19. The van der Waals surface area contributed by atoms with Gasteiger partial charge in [0.15, 0.2) is 9.84 Å². The van der Waals surface area contributed by atoms with E-state index in [0.717, 1.165) is 32.1 Å². The van der Waals surface area contributed by atoms with E-state index in [0.29, 0.717) is 11.7 Å². The molecule has 1 aliphatic heterocycles. The molecule has 0 spiro atoms. The molecule has 2 unspecified atom stereocenters. The highest BCUT2D eigenvalue weighted by Crippen LogP contribution is 2.35. The van der Waals surface area contributed by atoms with Gasteiger partial charge in [0.1, 0.15) is 0 Å². The second kappa shape index (κ2) is 4.39. The van der Waals surface area contributed by atoms with Crippen LogP contribution < -0.4 is 11.3 Å². The number of hydrogen-bond acceptors (Lipinski definition) is 4. The van der Waals surface area contributed by atoms with E-state index in [4.69, 9.17) is 5.84 Å². The lowest BCUT2D eigenvalue weighted by molar-refractivity contribution is 0.217. The highest BCUT2D eigenvalue weighted by molar-refractivity contribution is 7.92. The van der Waals surface area contributed by atoms with E-state index in [1.54, 1.807) is 0 Å². The van der Waals surface area contributed by atoms with Crippen molar-refractivity contribution < 1.29 is 8.42 Å². The van der Waals surface area contributed by atoms with Crippen molar-refractivity contribution in [1.29, 1.82) is 0 Å². The Bertz CT molecular complexity index is 311. The molecule has 0 aromatic heterocycles. The van der Waals surface area contributed by atoms with Crippen molar-refractivity contribution in [3.8, 4) is 0 Å². The molecule has 4 nitrogen and oxygen atoms in total. The predicted octanol–water partition coefficient (Wildman–Crippen LogP) is 0.586. The van der Waals surface area contributed by atoms with Crippen LogP contribution in [-0.2, 0) is 9.84 Å². The lowest BCUT2D eigenvalue weighted by atomic mass is 9.78. The van der Waals surface area contributed by atoms with Crippen molar-refractivity contribution in [3.05, 3.63) is 0 Å². The van der Waals surface area contributed by atoms with Crippen molar-refractivity contribution in [2.45, 2.75) is 49.8 Å². The molecule has 1 aliphatic carbocycles. The van der Waals surface area contributed by atoms with Crippen LogP contribution in [0.4, 0.5) is 0 Å². The summed E-state index contributed by atoms with van der Waals surface area (Å²) in [6, 6.07) is -0.0101. The molecule has 0 radical (unpaired) electrons. The smallest absolute Gasteiger partial charge is 0.154 e. The minimum absolute atomic E-state index is 0.0101. The number of hydrazine groups is 1. The first-order chi connectivity index (χ1) is 7.15. The molecule has 1 saturated carbocycles. The third-order valence-electron chi connectivity index (χ3n) is 3.88. The van der Waals surface area contributed by atoms with Crippen LogP contribution in [-0.4, -0.2) is 25.5 Å². The molecular formula is C10H20N2O2S. The van der Waals surface area contributed by atoms with E-state index in [2.05, 4.69) is 5.43 Å². The van der Waals surface area contributed by atoms with Crippen LogP contribution in [0.15, 0.2) is 0 Å². The maximum atomic E-state index is 11.9. The van der Waals surface area contributed by atoms with E-state index < -0.39 is 9.84 Å². The van der Waals surface area contributed by atoms with Crippen molar-refractivity contribution in [1.82, 2.24) is 5.43 Å². The molecule has 5 heteroatoms. The van der Waals surface area contributed by atoms with Gasteiger partial charge in [-0.3, -0.25) is 11.3 Å². The van der Waals surface area contributed by atoms with Gasteiger partial charge in [-0.1, -0.05) is 12.8 Å². The van der Waals surface area contributed by atoms with Gasteiger partial charge in [0.05, 0.1) is 11.0 Å².